The van der Waals surface area contributed by atoms with Gasteiger partial charge < -0.3 is 14.4 Å². The van der Waals surface area contributed by atoms with E-state index >= 15 is 0 Å². The third kappa shape index (κ3) is 5.30. The molecule has 1 amide bonds. The maximum atomic E-state index is 13.8. The van der Waals surface area contributed by atoms with Gasteiger partial charge in [-0.3, -0.25) is 9.69 Å². The zero-order valence-electron chi connectivity index (χ0n) is 21.3. The monoisotopic (exact) mass is 545 g/mol. The first-order chi connectivity index (χ1) is 18.5. The van der Waals surface area contributed by atoms with E-state index in [9.17, 15) is 9.59 Å². The Bertz CT molecular complexity index is 1420. The lowest BCUT2D eigenvalue weighted by Crippen LogP contribution is -2.31. The average molecular weight is 546 g/mol. The van der Waals surface area contributed by atoms with Gasteiger partial charge in [0, 0.05) is 24.6 Å². The summed E-state index contributed by atoms with van der Waals surface area (Å²) in [5.41, 5.74) is 3.27. The van der Waals surface area contributed by atoms with Gasteiger partial charge in [0.15, 0.2) is 5.17 Å². The fraction of sp³-hybridized carbons (Fsp3) is 0.207. The van der Waals surface area contributed by atoms with Crippen LogP contribution in [0.1, 0.15) is 22.8 Å². The van der Waals surface area contributed by atoms with Gasteiger partial charge in [0.25, 0.3) is 5.91 Å². The van der Waals surface area contributed by atoms with Crippen molar-refractivity contribution in [2.75, 3.05) is 32.2 Å². The number of aliphatic imine (C=N–C) groups is 1. The number of hydrogen-bond donors (Lipinski definition) is 0. The molecular weight excluding hydrogens is 518 g/mol. The van der Waals surface area contributed by atoms with Crippen molar-refractivity contribution in [2.24, 2.45) is 4.99 Å². The number of rotatable bonds is 7. The first-order valence-electron chi connectivity index (χ1n) is 12.2. The van der Waals surface area contributed by atoms with Gasteiger partial charge in [-0.25, -0.2) is 9.79 Å². The number of thioether (sulfide) groups is 2. The van der Waals surface area contributed by atoms with Crippen LogP contribution in [-0.4, -0.2) is 49.3 Å². The summed E-state index contributed by atoms with van der Waals surface area (Å²) < 4.78 is 10.5. The number of amidine groups is 1. The van der Waals surface area contributed by atoms with Gasteiger partial charge in [0.1, 0.15) is 10.7 Å². The maximum Gasteiger partial charge on any atom is 0.338 e. The second-order valence-corrected chi connectivity index (χ2v) is 10.6. The summed E-state index contributed by atoms with van der Waals surface area (Å²) in [5.74, 6) is 0.332. The van der Waals surface area contributed by atoms with E-state index in [1.165, 1.54) is 11.8 Å². The number of carbonyl (C=O) groups excluding carboxylic acids is 2. The Hall–Kier alpha value is -3.69. The fourth-order valence-corrected chi connectivity index (χ4v) is 6.50. The molecular formula is C29H27N3O4S2. The van der Waals surface area contributed by atoms with Gasteiger partial charge in [0.2, 0.25) is 0 Å². The molecule has 2 heterocycles. The van der Waals surface area contributed by atoms with Crippen molar-refractivity contribution in [3.8, 4) is 5.75 Å². The molecule has 0 saturated carbocycles. The van der Waals surface area contributed by atoms with Crippen molar-refractivity contribution in [1.82, 2.24) is 4.90 Å². The highest BCUT2D eigenvalue weighted by Gasteiger charge is 2.39. The predicted octanol–water partition coefficient (Wildman–Crippen LogP) is 6.09. The molecule has 0 N–H and O–H groups in total. The van der Waals surface area contributed by atoms with Crippen molar-refractivity contribution in [3.63, 3.8) is 0 Å². The van der Waals surface area contributed by atoms with E-state index in [4.69, 9.17) is 14.5 Å². The normalized spacial score (nSPS) is 17.8. The van der Waals surface area contributed by atoms with Gasteiger partial charge in [-0.1, -0.05) is 42.1 Å². The summed E-state index contributed by atoms with van der Waals surface area (Å²) in [6.07, 6.45) is 0.705. The van der Waals surface area contributed by atoms with Crippen LogP contribution in [-0.2, 0) is 16.0 Å². The highest BCUT2D eigenvalue weighted by Crippen LogP contribution is 2.51. The number of esters is 1. The zero-order chi connectivity index (χ0) is 26.6. The molecule has 3 aromatic carbocycles. The molecule has 0 radical (unpaired) electrons. The number of ether oxygens (including phenoxy) is 2. The van der Waals surface area contributed by atoms with Gasteiger partial charge in [-0.05, 0) is 67.1 Å². The lowest BCUT2D eigenvalue weighted by Gasteiger charge is -2.17. The number of anilines is 1. The molecule has 194 valence electrons. The van der Waals surface area contributed by atoms with E-state index in [0.29, 0.717) is 40.9 Å². The van der Waals surface area contributed by atoms with Crippen LogP contribution in [0.15, 0.2) is 92.6 Å². The lowest BCUT2D eigenvalue weighted by molar-refractivity contribution is -0.122. The predicted molar refractivity (Wildman–Crippen MR) is 153 cm³/mol. The zero-order valence-corrected chi connectivity index (χ0v) is 23.0. The quantitative estimate of drug-likeness (QED) is 0.263. The molecule has 0 atom stereocenters. The summed E-state index contributed by atoms with van der Waals surface area (Å²) in [7, 11) is 3.61. The van der Waals surface area contributed by atoms with Crippen molar-refractivity contribution in [2.45, 2.75) is 18.2 Å². The standard InChI is InChI=1S/C29H27N3O4S2/c1-4-36-28(34)20-10-12-21(13-11-20)30-29-32(17-16-19-8-6-5-7-9-19)26(33)25(38-29)27-31(2)23-18-22(35-3)14-15-24(23)37-27/h5-15,18H,4,16-17H2,1-3H3/b27-25-,30-29?. The number of amides is 1. The van der Waals surface area contributed by atoms with E-state index in [0.717, 1.165) is 26.9 Å². The van der Waals surface area contributed by atoms with Gasteiger partial charge >= 0.3 is 5.97 Å². The minimum absolute atomic E-state index is 0.0676. The molecule has 2 aliphatic rings. The van der Waals surface area contributed by atoms with Crippen molar-refractivity contribution in [3.05, 3.63) is 93.9 Å². The minimum atomic E-state index is -0.369. The molecule has 0 aromatic heterocycles. The number of benzene rings is 3. The second kappa shape index (κ2) is 11.4. The van der Waals surface area contributed by atoms with Crippen LogP contribution >= 0.6 is 23.5 Å². The van der Waals surface area contributed by atoms with E-state index in [-0.39, 0.29) is 11.9 Å². The average Bonchev–Trinajstić information content (AvgIpc) is 3.43. The van der Waals surface area contributed by atoms with E-state index in [1.807, 2.05) is 48.3 Å². The van der Waals surface area contributed by atoms with Crippen LogP contribution in [0, 0.1) is 0 Å². The Kier molecular flexibility index (Phi) is 7.76. The molecule has 2 aliphatic heterocycles. The van der Waals surface area contributed by atoms with Gasteiger partial charge in [0.05, 0.1) is 35.7 Å². The molecule has 0 unspecified atom stereocenters. The minimum Gasteiger partial charge on any atom is -0.497 e. The maximum absolute atomic E-state index is 13.8. The summed E-state index contributed by atoms with van der Waals surface area (Å²) in [4.78, 5) is 36.1. The van der Waals surface area contributed by atoms with E-state index in [1.54, 1.807) is 55.0 Å². The fourth-order valence-electron chi connectivity index (χ4n) is 4.15. The smallest absolute Gasteiger partial charge is 0.338 e. The Labute approximate surface area is 230 Å². The Morgan fingerprint density at radius 3 is 2.47 bits per heavy atom. The topological polar surface area (TPSA) is 71.4 Å². The van der Waals surface area contributed by atoms with Gasteiger partial charge in [-0.2, -0.15) is 0 Å². The molecule has 38 heavy (non-hydrogen) atoms. The van der Waals surface area contributed by atoms with Crippen molar-refractivity contribution < 1.29 is 19.1 Å². The lowest BCUT2D eigenvalue weighted by atomic mass is 10.1. The summed E-state index contributed by atoms with van der Waals surface area (Å²) in [6, 6.07) is 22.9. The van der Waals surface area contributed by atoms with E-state index in [2.05, 4.69) is 12.1 Å². The molecule has 1 fully saturated rings. The molecule has 3 aromatic rings. The van der Waals surface area contributed by atoms with Crippen LogP contribution < -0.4 is 9.64 Å². The molecule has 0 aliphatic carbocycles. The second-order valence-electron chi connectivity index (χ2n) is 8.59. The van der Waals surface area contributed by atoms with Crippen LogP contribution in [0.4, 0.5) is 11.4 Å². The van der Waals surface area contributed by atoms with Crippen LogP contribution in [0.25, 0.3) is 0 Å². The molecule has 7 nitrogen and oxygen atoms in total. The first kappa shape index (κ1) is 25.9. The molecule has 5 rings (SSSR count). The Morgan fingerprint density at radius 2 is 1.76 bits per heavy atom. The van der Waals surface area contributed by atoms with Crippen LogP contribution in [0.5, 0.6) is 5.75 Å². The third-order valence-electron chi connectivity index (χ3n) is 6.17. The van der Waals surface area contributed by atoms with E-state index < -0.39 is 0 Å². The van der Waals surface area contributed by atoms with Crippen LogP contribution in [0.3, 0.4) is 0 Å². The van der Waals surface area contributed by atoms with Crippen LogP contribution in [0.2, 0.25) is 0 Å². The molecule has 9 heteroatoms. The molecule has 0 spiro atoms. The summed E-state index contributed by atoms with van der Waals surface area (Å²) in [5, 5.41) is 1.48. The number of carbonyl (C=O) groups is 2. The Balaban J connectivity index is 1.47. The number of fused-ring (bicyclic) bond motifs is 1. The number of methoxy groups -OCH3 is 1. The van der Waals surface area contributed by atoms with Crippen molar-refractivity contribution in [1.29, 1.82) is 0 Å². The largest absolute Gasteiger partial charge is 0.497 e. The SMILES string of the molecule is CCOC(=O)c1ccc(N=C2S/C(=C3\Sc4ccc(OC)cc4N3C)C(=O)N2CCc2ccccc2)cc1. The Morgan fingerprint density at radius 1 is 1.00 bits per heavy atom. The molecule has 1 saturated heterocycles. The summed E-state index contributed by atoms with van der Waals surface area (Å²) >= 11 is 2.95. The first-order valence-corrected chi connectivity index (χ1v) is 13.8. The number of nitrogens with zero attached hydrogens (tertiary/aromatic N) is 3. The van der Waals surface area contributed by atoms with Gasteiger partial charge in [-0.15, -0.1) is 0 Å². The molecule has 0 bridgehead atoms. The number of hydrogen-bond acceptors (Lipinski definition) is 8. The third-order valence-corrected chi connectivity index (χ3v) is 8.60. The summed E-state index contributed by atoms with van der Waals surface area (Å²) in [6.45, 7) is 2.60. The highest BCUT2D eigenvalue weighted by molar-refractivity contribution is 8.19. The van der Waals surface area contributed by atoms with Crippen molar-refractivity contribution >= 4 is 51.9 Å². The highest BCUT2D eigenvalue weighted by atomic mass is 32.2.